The summed E-state index contributed by atoms with van der Waals surface area (Å²) in [5.74, 6) is -0.105. The number of benzene rings is 2. The number of amides is 1. The Labute approximate surface area is 184 Å². The number of halogens is 1. The first-order valence-corrected chi connectivity index (χ1v) is 11.4. The van der Waals surface area contributed by atoms with Gasteiger partial charge in [-0.1, -0.05) is 12.1 Å². The zero-order valence-electron chi connectivity index (χ0n) is 17.3. The summed E-state index contributed by atoms with van der Waals surface area (Å²) in [4.78, 5) is 14.1. The van der Waals surface area contributed by atoms with Crippen LogP contribution in [-0.2, 0) is 14.8 Å². The summed E-state index contributed by atoms with van der Waals surface area (Å²) < 4.78 is 41.7. The van der Waals surface area contributed by atoms with Gasteiger partial charge in [-0.25, -0.2) is 12.8 Å². The van der Waals surface area contributed by atoms with E-state index in [1.807, 2.05) is 24.3 Å². The van der Waals surface area contributed by atoms with E-state index in [1.165, 1.54) is 22.5 Å². The highest BCUT2D eigenvalue weighted by atomic mass is 32.2. The first-order valence-electron chi connectivity index (χ1n) is 9.97. The van der Waals surface area contributed by atoms with Gasteiger partial charge in [-0.3, -0.25) is 4.79 Å². The second-order valence-electron chi connectivity index (χ2n) is 7.28. The molecule has 10 nitrogen and oxygen atoms in total. The maximum atomic E-state index is 13.4. The van der Waals surface area contributed by atoms with E-state index in [0.717, 1.165) is 17.4 Å². The summed E-state index contributed by atoms with van der Waals surface area (Å²) >= 11 is 0. The fourth-order valence-electron chi connectivity index (χ4n) is 3.46. The lowest BCUT2D eigenvalue weighted by atomic mass is 10.2. The number of tetrazole rings is 1. The lowest BCUT2D eigenvalue weighted by Gasteiger charge is -2.34. The number of carbonyl (C=O) groups is 1. The number of anilines is 1. The molecule has 0 radical (unpaired) electrons. The molecule has 12 heteroatoms. The smallest absolute Gasteiger partial charge is 0.243 e. The van der Waals surface area contributed by atoms with E-state index in [1.54, 1.807) is 16.5 Å². The molecule has 1 N–H and O–H groups in total. The van der Waals surface area contributed by atoms with Crippen molar-refractivity contribution in [3.8, 4) is 5.69 Å². The normalized spacial score (nSPS) is 15.0. The van der Waals surface area contributed by atoms with Gasteiger partial charge in [-0.05, 0) is 53.7 Å². The molecule has 0 saturated carbocycles. The molecule has 2 heterocycles. The van der Waals surface area contributed by atoms with E-state index in [2.05, 4.69) is 20.8 Å². The lowest BCUT2D eigenvalue weighted by molar-refractivity contribution is -0.130. The number of nitrogens with zero attached hydrogens (tertiary/aromatic N) is 6. The minimum atomic E-state index is -3.80. The van der Waals surface area contributed by atoms with Gasteiger partial charge in [0.1, 0.15) is 5.82 Å². The van der Waals surface area contributed by atoms with E-state index < -0.39 is 15.8 Å². The van der Waals surface area contributed by atoms with Gasteiger partial charge in [0.2, 0.25) is 15.9 Å². The number of hydrogen-bond donors (Lipinski definition) is 1. The summed E-state index contributed by atoms with van der Waals surface area (Å²) in [7, 11) is -3.80. The molecule has 1 saturated heterocycles. The largest absolute Gasteiger partial charge is 0.376 e. The van der Waals surface area contributed by atoms with Crippen molar-refractivity contribution in [2.24, 2.45) is 0 Å². The van der Waals surface area contributed by atoms with Crippen molar-refractivity contribution in [1.29, 1.82) is 0 Å². The fourth-order valence-corrected chi connectivity index (χ4v) is 4.92. The Morgan fingerprint density at radius 2 is 1.84 bits per heavy atom. The van der Waals surface area contributed by atoms with Crippen molar-refractivity contribution in [2.45, 2.75) is 11.8 Å². The number of aryl methyl sites for hydroxylation is 1. The van der Waals surface area contributed by atoms with Crippen LogP contribution >= 0.6 is 0 Å². The standard InChI is InChI=1S/C20H22FN7O3S/c1-15-23-24-25-28(15)18-6-3-5-17(13-18)22-14-20(29)26-8-10-27(11-9-26)32(30,31)19-7-2-4-16(21)12-19/h2-7,12-13,22H,8-11,14H2,1H3. The lowest BCUT2D eigenvalue weighted by Crippen LogP contribution is -2.51. The molecule has 3 aromatic rings. The molecule has 1 aliphatic rings. The van der Waals surface area contributed by atoms with Crippen molar-refractivity contribution in [1.82, 2.24) is 29.4 Å². The van der Waals surface area contributed by atoms with Crippen LogP contribution in [-0.4, -0.2) is 76.5 Å². The van der Waals surface area contributed by atoms with Crippen LogP contribution in [0.4, 0.5) is 10.1 Å². The SMILES string of the molecule is Cc1nnnn1-c1cccc(NCC(=O)N2CCN(S(=O)(=O)c3cccc(F)c3)CC2)c1. The number of carbonyl (C=O) groups excluding carboxylic acids is 1. The Bertz CT molecular complexity index is 1220. The highest BCUT2D eigenvalue weighted by molar-refractivity contribution is 7.89. The number of piperazine rings is 1. The van der Waals surface area contributed by atoms with Crippen molar-refractivity contribution >= 4 is 21.6 Å². The molecule has 0 unspecified atom stereocenters. The third-order valence-corrected chi connectivity index (χ3v) is 7.08. The van der Waals surface area contributed by atoms with E-state index >= 15 is 0 Å². The van der Waals surface area contributed by atoms with Crippen LogP contribution in [0.15, 0.2) is 53.4 Å². The van der Waals surface area contributed by atoms with Crippen LogP contribution in [0.25, 0.3) is 5.69 Å². The average molecular weight is 460 g/mol. The molecule has 2 aromatic carbocycles. The molecule has 1 amide bonds. The molecule has 4 rings (SSSR count). The van der Waals surface area contributed by atoms with Gasteiger partial charge in [0.15, 0.2) is 5.82 Å². The average Bonchev–Trinajstić information content (AvgIpc) is 3.23. The van der Waals surface area contributed by atoms with E-state index in [9.17, 15) is 17.6 Å². The predicted octanol–water partition coefficient (Wildman–Crippen LogP) is 1.05. The van der Waals surface area contributed by atoms with Gasteiger partial charge in [0.05, 0.1) is 17.1 Å². The highest BCUT2D eigenvalue weighted by Crippen LogP contribution is 2.19. The predicted molar refractivity (Wildman–Crippen MR) is 114 cm³/mol. The molecule has 0 atom stereocenters. The van der Waals surface area contributed by atoms with Crippen LogP contribution in [0.1, 0.15) is 5.82 Å². The Morgan fingerprint density at radius 3 is 2.53 bits per heavy atom. The molecule has 1 aliphatic heterocycles. The molecule has 0 aliphatic carbocycles. The summed E-state index contributed by atoms with van der Waals surface area (Å²) in [6.45, 7) is 2.68. The van der Waals surface area contributed by atoms with Crippen molar-refractivity contribution in [3.63, 3.8) is 0 Å². The van der Waals surface area contributed by atoms with Crippen LogP contribution in [0.3, 0.4) is 0 Å². The van der Waals surface area contributed by atoms with Gasteiger partial charge in [-0.2, -0.15) is 8.99 Å². The van der Waals surface area contributed by atoms with Crippen LogP contribution in [0.2, 0.25) is 0 Å². The van der Waals surface area contributed by atoms with Crippen LogP contribution in [0.5, 0.6) is 0 Å². The van der Waals surface area contributed by atoms with Crippen molar-refractivity contribution < 1.29 is 17.6 Å². The van der Waals surface area contributed by atoms with E-state index in [-0.39, 0.29) is 43.5 Å². The summed E-state index contributed by atoms with van der Waals surface area (Å²) in [5.41, 5.74) is 1.50. The summed E-state index contributed by atoms with van der Waals surface area (Å²) in [5, 5.41) is 14.5. The Hall–Kier alpha value is -3.38. The second-order valence-corrected chi connectivity index (χ2v) is 9.22. The molecular weight excluding hydrogens is 437 g/mol. The highest BCUT2D eigenvalue weighted by Gasteiger charge is 2.30. The first kappa shape index (κ1) is 21.8. The monoisotopic (exact) mass is 459 g/mol. The topological polar surface area (TPSA) is 113 Å². The quantitative estimate of drug-likeness (QED) is 0.586. The van der Waals surface area contributed by atoms with Gasteiger partial charge in [0.25, 0.3) is 0 Å². The first-order chi connectivity index (χ1) is 15.3. The van der Waals surface area contributed by atoms with Crippen LogP contribution in [0, 0.1) is 12.7 Å². The number of rotatable bonds is 6. The summed E-state index contributed by atoms with van der Waals surface area (Å²) in [6.07, 6.45) is 0. The zero-order chi connectivity index (χ0) is 22.7. The molecule has 0 bridgehead atoms. The summed E-state index contributed by atoms with van der Waals surface area (Å²) in [6, 6.07) is 12.3. The second kappa shape index (κ2) is 9.01. The number of sulfonamides is 1. The molecule has 0 spiro atoms. The molecule has 1 fully saturated rings. The van der Waals surface area contributed by atoms with Crippen molar-refractivity contribution in [3.05, 3.63) is 60.2 Å². The Balaban J connectivity index is 1.33. The minimum absolute atomic E-state index is 0.0642. The maximum Gasteiger partial charge on any atom is 0.243 e. The van der Waals surface area contributed by atoms with E-state index in [0.29, 0.717) is 5.82 Å². The third kappa shape index (κ3) is 4.60. The van der Waals surface area contributed by atoms with Gasteiger partial charge < -0.3 is 10.2 Å². The number of nitrogens with one attached hydrogen (secondary N) is 1. The minimum Gasteiger partial charge on any atom is -0.376 e. The number of aromatic nitrogens is 4. The van der Waals surface area contributed by atoms with Crippen molar-refractivity contribution in [2.75, 3.05) is 38.0 Å². The molecule has 1 aromatic heterocycles. The molecule has 32 heavy (non-hydrogen) atoms. The third-order valence-electron chi connectivity index (χ3n) is 5.19. The Morgan fingerprint density at radius 1 is 1.09 bits per heavy atom. The molecule has 168 valence electrons. The zero-order valence-corrected chi connectivity index (χ0v) is 18.2. The van der Waals surface area contributed by atoms with Gasteiger partial charge >= 0.3 is 0 Å². The Kier molecular flexibility index (Phi) is 6.15. The number of hydrogen-bond acceptors (Lipinski definition) is 7. The maximum absolute atomic E-state index is 13.4. The van der Waals surface area contributed by atoms with Crippen LogP contribution < -0.4 is 5.32 Å². The van der Waals surface area contributed by atoms with Gasteiger partial charge in [-0.15, -0.1) is 5.10 Å². The molecular formula is C20H22FN7O3S. The van der Waals surface area contributed by atoms with E-state index in [4.69, 9.17) is 0 Å². The van der Waals surface area contributed by atoms with Gasteiger partial charge in [0, 0.05) is 31.9 Å². The fraction of sp³-hybridized carbons (Fsp3) is 0.300.